The van der Waals surface area contributed by atoms with Gasteiger partial charge in [0.1, 0.15) is 11.6 Å². The van der Waals surface area contributed by atoms with E-state index in [9.17, 15) is 13.9 Å². The lowest BCUT2D eigenvalue weighted by molar-refractivity contribution is 0.0852. The van der Waals surface area contributed by atoms with Crippen molar-refractivity contribution >= 4 is 0 Å². The molecule has 6 heteroatoms. The fourth-order valence-electron chi connectivity index (χ4n) is 1.69. The number of benzene rings is 1. The minimum Gasteiger partial charge on any atom is -0.395 e. The Labute approximate surface area is 104 Å². The summed E-state index contributed by atoms with van der Waals surface area (Å²) < 4.78 is 26.4. The molecular formula is C12H17F2NO3. The van der Waals surface area contributed by atoms with Crippen LogP contribution in [0.1, 0.15) is 11.7 Å². The molecule has 0 aliphatic carbocycles. The number of hydrogen-bond donors (Lipinski definition) is 3. The summed E-state index contributed by atoms with van der Waals surface area (Å²) in [6.07, 6.45) is -1.21. The second kappa shape index (κ2) is 7.38. The molecule has 0 saturated carbocycles. The highest BCUT2D eigenvalue weighted by atomic mass is 19.1. The van der Waals surface area contributed by atoms with E-state index in [1.165, 1.54) is 0 Å². The van der Waals surface area contributed by atoms with Crippen molar-refractivity contribution in [3.05, 3.63) is 35.4 Å². The Morgan fingerprint density at radius 3 is 2.28 bits per heavy atom. The van der Waals surface area contributed by atoms with Crippen molar-refractivity contribution in [2.75, 3.05) is 32.8 Å². The van der Waals surface area contributed by atoms with Gasteiger partial charge in [-0.3, -0.25) is 4.90 Å². The van der Waals surface area contributed by atoms with Crippen molar-refractivity contribution in [2.24, 2.45) is 0 Å². The van der Waals surface area contributed by atoms with Crippen LogP contribution in [0.25, 0.3) is 0 Å². The fourth-order valence-corrected chi connectivity index (χ4v) is 1.69. The highest BCUT2D eigenvalue weighted by Gasteiger charge is 2.17. The van der Waals surface area contributed by atoms with Crippen LogP contribution in [0.5, 0.6) is 0 Å². The Balaban J connectivity index is 2.73. The molecule has 102 valence electrons. The van der Waals surface area contributed by atoms with Crippen molar-refractivity contribution < 1.29 is 24.1 Å². The van der Waals surface area contributed by atoms with Gasteiger partial charge in [-0.05, 0) is 18.2 Å². The van der Waals surface area contributed by atoms with Crippen molar-refractivity contribution in [3.8, 4) is 0 Å². The minimum atomic E-state index is -1.21. The van der Waals surface area contributed by atoms with Crippen LogP contribution in [0.3, 0.4) is 0 Å². The van der Waals surface area contributed by atoms with Gasteiger partial charge in [-0.2, -0.15) is 0 Å². The molecule has 0 aromatic heterocycles. The maximum absolute atomic E-state index is 13.4. The normalized spacial score (nSPS) is 13.0. The third-order valence-corrected chi connectivity index (χ3v) is 2.58. The zero-order valence-corrected chi connectivity index (χ0v) is 9.89. The second-order valence-corrected chi connectivity index (χ2v) is 3.93. The molecule has 3 N–H and O–H groups in total. The van der Waals surface area contributed by atoms with E-state index in [1.807, 2.05) is 0 Å². The Morgan fingerprint density at radius 1 is 1.11 bits per heavy atom. The van der Waals surface area contributed by atoms with Crippen molar-refractivity contribution in [2.45, 2.75) is 6.10 Å². The Bertz CT molecular complexity index is 370. The van der Waals surface area contributed by atoms with E-state index in [0.717, 1.165) is 18.2 Å². The van der Waals surface area contributed by atoms with Gasteiger partial charge in [0.05, 0.1) is 19.3 Å². The minimum absolute atomic E-state index is 0.0154. The van der Waals surface area contributed by atoms with Crippen LogP contribution in [-0.4, -0.2) is 53.1 Å². The Kier molecular flexibility index (Phi) is 6.14. The third-order valence-electron chi connectivity index (χ3n) is 2.58. The van der Waals surface area contributed by atoms with Gasteiger partial charge in [-0.1, -0.05) is 0 Å². The molecule has 0 bridgehead atoms. The highest BCUT2D eigenvalue weighted by Crippen LogP contribution is 2.19. The molecule has 1 rings (SSSR count). The van der Waals surface area contributed by atoms with Crippen LogP contribution in [0.2, 0.25) is 0 Å². The summed E-state index contributed by atoms with van der Waals surface area (Å²) in [6.45, 7) is 0.224. The number of nitrogens with zero attached hydrogens (tertiary/aromatic N) is 1. The van der Waals surface area contributed by atoms with Gasteiger partial charge in [-0.25, -0.2) is 8.78 Å². The topological polar surface area (TPSA) is 63.9 Å². The van der Waals surface area contributed by atoms with Gasteiger partial charge < -0.3 is 15.3 Å². The molecular weight excluding hydrogens is 244 g/mol. The molecule has 1 aromatic carbocycles. The van der Waals surface area contributed by atoms with Crippen LogP contribution in [0.4, 0.5) is 8.78 Å². The smallest absolute Gasteiger partial charge is 0.129 e. The predicted octanol–water partition coefficient (Wildman–Crippen LogP) is 0.285. The zero-order chi connectivity index (χ0) is 13.5. The first kappa shape index (κ1) is 15.0. The van der Waals surface area contributed by atoms with E-state index in [-0.39, 0.29) is 38.4 Å². The van der Waals surface area contributed by atoms with E-state index >= 15 is 0 Å². The maximum Gasteiger partial charge on any atom is 0.129 e. The first-order valence-corrected chi connectivity index (χ1v) is 5.65. The van der Waals surface area contributed by atoms with Gasteiger partial charge >= 0.3 is 0 Å². The lowest BCUT2D eigenvalue weighted by Crippen LogP contribution is -2.34. The van der Waals surface area contributed by atoms with Crippen LogP contribution >= 0.6 is 0 Å². The predicted molar refractivity (Wildman–Crippen MR) is 61.9 cm³/mol. The first-order valence-electron chi connectivity index (χ1n) is 5.65. The average molecular weight is 261 g/mol. The summed E-state index contributed by atoms with van der Waals surface area (Å²) in [5.41, 5.74) is -0.129. The van der Waals surface area contributed by atoms with Crippen LogP contribution in [0.15, 0.2) is 18.2 Å². The molecule has 1 unspecified atom stereocenters. The van der Waals surface area contributed by atoms with E-state index < -0.39 is 17.7 Å². The zero-order valence-electron chi connectivity index (χ0n) is 9.89. The standard InChI is InChI=1S/C12H17F2NO3/c13-9-1-2-11(14)10(7-9)12(18)8-15(3-5-16)4-6-17/h1-2,7,12,16-18H,3-6,8H2. The summed E-state index contributed by atoms with van der Waals surface area (Å²) >= 11 is 0. The number of rotatable bonds is 7. The second-order valence-electron chi connectivity index (χ2n) is 3.93. The van der Waals surface area contributed by atoms with E-state index in [2.05, 4.69) is 0 Å². The summed E-state index contributed by atoms with van der Waals surface area (Å²) in [6, 6.07) is 2.87. The number of hydrogen-bond acceptors (Lipinski definition) is 4. The maximum atomic E-state index is 13.4. The summed E-state index contributed by atoms with van der Waals surface area (Å²) in [7, 11) is 0. The molecule has 1 atom stereocenters. The van der Waals surface area contributed by atoms with Gasteiger partial charge in [0.15, 0.2) is 0 Å². The molecule has 0 heterocycles. The quantitative estimate of drug-likeness (QED) is 0.660. The highest BCUT2D eigenvalue weighted by molar-refractivity contribution is 5.21. The largest absolute Gasteiger partial charge is 0.395 e. The van der Waals surface area contributed by atoms with Crippen LogP contribution in [0, 0.1) is 11.6 Å². The number of aliphatic hydroxyl groups is 3. The van der Waals surface area contributed by atoms with E-state index in [1.54, 1.807) is 4.90 Å². The Hall–Kier alpha value is -1.08. The summed E-state index contributed by atoms with van der Waals surface area (Å²) in [5, 5.41) is 27.5. The van der Waals surface area contributed by atoms with E-state index in [4.69, 9.17) is 10.2 Å². The van der Waals surface area contributed by atoms with E-state index in [0.29, 0.717) is 0 Å². The molecule has 0 aliphatic rings. The van der Waals surface area contributed by atoms with Gasteiger partial charge in [0.2, 0.25) is 0 Å². The van der Waals surface area contributed by atoms with Crippen molar-refractivity contribution in [1.29, 1.82) is 0 Å². The molecule has 0 spiro atoms. The first-order chi connectivity index (χ1) is 8.58. The van der Waals surface area contributed by atoms with Gasteiger partial charge in [0, 0.05) is 25.2 Å². The molecule has 1 aromatic rings. The lowest BCUT2D eigenvalue weighted by Gasteiger charge is -2.23. The van der Waals surface area contributed by atoms with Crippen LogP contribution in [-0.2, 0) is 0 Å². The Morgan fingerprint density at radius 2 is 1.72 bits per heavy atom. The molecule has 0 amide bonds. The SMILES string of the molecule is OCCN(CCO)CC(O)c1cc(F)ccc1F. The molecule has 0 saturated heterocycles. The van der Waals surface area contributed by atoms with Crippen LogP contribution < -0.4 is 0 Å². The van der Waals surface area contributed by atoms with Crippen molar-refractivity contribution in [1.82, 2.24) is 4.90 Å². The van der Waals surface area contributed by atoms with Gasteiger partial charge in [-0.15, -0.1) is 0 Å². The monoisotopic (exact) mass is 261 g/mol. The summed E-state index contributed by atoms with van der Waals surface area (Å²) in [5.74, 6) is -1.31. The number of aliphatic hydroxyl groups excluding tert-OH is 3. The molecule has 0 aliphatic heterocycles. The van der Waals surface area contributed by atoms with Gasteiger partial charge in [0.25, 0.3) is 0 Å². The molecule has 4 nitrogen and oxygen atoms in total. The lowest BCUT2D eigenvalue weighted by atomic mass is 10.1. The number of halogens is 2. The molecule has 0 fully saturated rings. The average Bonchev–Trinajstić information content (AvgIpc) is 2.33. The molecule has 0 radical (unpaired) electrons. The summed E-state index contributed by atoms with van der Waals surface area (Å²) in [4.78, 5) is 1.56. The fraction of sp³-hybridized carbons (Fsp3) is 0.500. The third kappa shape index (κ3) is 4.30. The molecule has 18 heavy (non-hydrogen) atoms. The van der Waals surface area contributed by atoms with Crippen molar-refractivity contribution in [3.63, 3.8) is 0 Å².